The van der Waals surface area contributed by atoms with Gasteiger partial charge >= 0.3 is 5.97 Å². The molecule has 1 heterocycles. The Bertz CT molecular complexity index is 999. The summed E-state index contributed by atoms with van der Waals surface area (Å²) in [6.45, 7) is 3.85. The summed E-state index contributed by atoms with van der Waals surface area (Å²) in [5, 5.41) is 12.1. The second-order valence-corrected chi connectivity index (χ2v) is 7.35. The number of thioether (sulfide) groups is 1. The van der Waals surface area contributed by atoms with E-state index in [1.165, 1.54) is 17.3 Å². The summed E-state index contributed by atoms with van der Waals surface area (Å²) in [7, 11) is 0. The molecule has 0 bridgehead atoms. The number of benzene rings is 2. The Morgan fingerprint density at radius 1 is 1.13 bits per heavy atom. The van der Waals surface area contributed by atoms with Crippen LogP contribution >= 0.6 is 11.8 Å². The van der Waals surface area contributed by atoms with Gasteiger partial charge in [0.15, 0.2) is 23.3 Å². The Balaban J connectivity index is 1.78. The Kier molecular flexibility index (Phi) is 7.13. The van der Waals surface area contributed by atoms with Crippen molar-refractivity contribution in [1.29, 1.82) is 0 Å². The van der Waals surface area contributed by atoms with Gasteiger partial charge in [0.05, 0.1) is 17.2 Å². The van der Waals surface area contributed by atoms with E-state index in [1.807, 2.05) is 31.2 Å². The highest BCUT2D eigenvalue weighted by molar-refractivity contribution is 8.18. The van der Waals surface area contributed by atoms with Gasteiger partial charge in [0.1, 0.15) is 0 Å². The van der Waals surface area contributed by atoms with Gasteiger partial charge in [-0.25, -0.2) is 9.79 Å². The average molecular weight is 426 g/mol. The highest BCUT2D eigenvalue weighted by Crippen LogP contribution is 2.32. The molecule has 1 saturated heterocycles. The van der Waals surface area contributed by atoms with E-state index in [9.17, 15) is 9.59 Å². The van der Waals surface area contributed by atoms with Crippen molar-refractivity contribution < 1.29 is 24.2 Å². The van der Waals surface area contributed by atoms with Crippen molar-refractivity contribution in [3.63, 3.8) is 0 Å². The smallest absolute Gasteiger partial charge is 0.341 e. The van der Waals surface area contributed by atoms with Gasteiger partial charge in [-0.15, -0.1) is 0 Å². The number of nitrogens with zero attached hydrogens (tertiary/aromatic N) is 1. The number of carboxylic acids is 1. The molecule has 0 unspecified atom stereocenters. The van der Waals surface area contributed by atoms with Crippen molar-refractivity contribution in [2.45, 2.75) is 20.3 Å². The zero-order chi connectivity index (χ0) is 21.5. The van der Waals surface area contributed by atoms with Crippen LogP contribution in [0, 0.1) is 0 Å². The molecule has 7 nitrogen and oxygen atoms in total. The Labute approximate surface area is 178 Å². The van der Waals surface area contributed by atoms with Crippen LogP contribution in [0.4, 0.5) is 5.69 Å². The van der Waals surface area contributed by atoms with Crippen LogP contribution < -0.4 is 14.8 Å². The van der Waals surface area contributed by atoms with Crippen LogP contribution in [-0.2, 0) is 16.0 Å². The fraction of sp³-hybridized carbons (Fsp3) is 0.227. The first-order chi connectivity index (χ1) is 14.5. The predicted octanol–water partition coefficient (Wildman–Crippen LogP) is 4.00. The first-order valence-electron chi connectivity index (χ1n) is 9.48. The van der Waals surface area contributed by atoms with Crippen LogP contribution in [0.25, 0.3) is 6.08 Å². The van der Waals surface area contributed by atoms with Gasteiger partial charge < -0.3 is 19.9 Å². The summed E-state index contributed by atoms with van der Waals surface area (Å²) in [6, 6.07) is 12.9. The number of carbonyl (C=O) groups excluding carboxylic acids is 1. The normalized spacial score (nSPS) is 16.0. The second-order valence-electron chi connectivity index (χ2n) is 6.32. The number of amidine groups is 1. The van der Waals surface area contributed by atoms with Crippen molar-refractivity contribution >= 4 is 40.6 Å². The number of rotatable bonds is 8. The van der Waals surface area contributed by atoms with Crippen molar-refractivity contribution in [1.82, 2.24) is 5.32 Å². The van der Waals surface area contributed by atoms with Gasteiger partial charge in [0.2, 0.25) is 0 Å². The summed E-state index contributed by atoms with van der Waals surface area (Å²) >= 11 is 1.26. The molecule has 2 N–H and O–H groups in total. The standard InChI is InChI=1S/C22H22N2O5S/c1-3-14-5-8-16(9-6-14)23-22-24-21(27)19(30-22)12-15-7-10-17(29-13-20(25)26)18(11-15)28-4-2/h5-12H,3-4,13H2,1-2H3,(H,25,26)(H,23,24,27). The highest BCUT2D eigenvalue weighted by atomic mass is 32.2. The van der Waals surface area contributed by atoms with Gasteiger partial charge in [0.25, 0.3) is 5.91 Å². The molecule has 0 aromatic heterocycles. The Hall–Kier alpha value is -3.26. The maximum Gasteiger partial charge on any atom is 0.341 e. The number of carboxylic acid groups (broad SMARTS) is 1. The van der Waals surface area contributed by atoms with E-state index in [1.54, 1.807) is 24.3 Å². The minimum Gasteiger partial charge on any atom is -0.490 e. The van der Waals surface area contributed by atoms with Crippen molar-refractivity contribution in [3.05, 3.63) is 58.5 Å². The van der Waals surface area contributed by atoms with Crippen LogP contribution in [0.15, 0.2) is 52.4 Å². The molecule has 1 amide bonds. The molecule has 0 saturated carbocycles. The fourth-order valence-corrected chi connectivity index (χ4v) is 3.54. The molecule has 3 rings (SSSR count). The third-order valence-electron chi connectivity index (χ3n) is 4.14. The van der Waals surface area contributed by atoms with Crippen molar-refractivity contribution in [2.75, 3.05) is 13.2 Å². The Morgan fingerprint density at radius 2 is 1.90 bits per heavy atom. The summed E-state index contributed by atoms with van der Waals surface area (Å²) < 4.78 is 10.8. The monoisotopic (exact) mass is 426 g/mol. The van der Waals surface area contributed by atoms with Crippen molar-refractivity contribution in [2.24, 2.45) is 4.99 Å². The molecule has 30 heavy (non-hydrogen) atoms. The Morgan fingerprint density at radius 3 is 2.57 bits per heavy atom. The molecule has 0 radical (unpaired) electrons. The quantitative estimate of drug-likeness (QED) is 0.619. The molecular weight excluding hydrogens is 404 g/mol. The molecule has 2 aromatic carbocycles. The summed E-state index contributed by atoms with van der Waals surface area (Å²) in [5.41, 5.74) is 2.73. The number of aryl methyl sites for hydroxylation is 1. The average Bonchev–Trinajstić information content (AvgIpc) is 3.06. The third-order valence-corrected chi connectivity index (χ3v) is 5.05. The molecule has 1 aliphatic heterocycles. The number of ether oxygens (including phenoxy) is 2. The van der Waals surface area contributed by atoms with Crippen LogP contribution in [0.1, 0.15) is 25.0 Å². The van der Waals surface area contributed by atoms with E-state index < -0.39 is 12.6 Å². The maximum absolute atomic E-state index is 12.3. The van der Waals surface area contributed by atoms with Gasteiger partial charge in [-0.2, -0.15) is 0 Å². The van der Waals surface area contributed by atoms with E-state index in [0.717, 1.165) is 17.7 Å². The molecular formula is C22H22N2O5S. The molecule has 0 spiro atoms. The van der Waals surface area contributed by atoms with E-state index in [4.69, 9.17) is 14.6 Å². The van der Waals surface area contributed by atoms with Gasteiger partial charge in [-0.05, 0) is 66.6 Å². The van der Waals surface area contributed by atoms with Crippen molar-refractivity contribution in [3.8, 4) is 11.5 Å². The lowest BCUT2D eigenvalue weighted by atomic mass is 10.2. The highest BCUT2D eigenvalue weighted by Gasteiger charge is 2.24. The number of carbonyl (C=O) groups is 2. The maximum atomic E-state index is 12.3. The minimum atomic E-state index is -1.07. The van der Waals surface area contributed by atoms with Gasteiger partial charge in [-0.3, -0.25) is 4.79 Å². The largest absolute Gasteiger partial charge is 0.490 e. The first kappa shape index (κ1) is 21.4. The summed E-state index contributed by atoms with van der Waals surface area (Å²) in [6.07, 6.45) is 2.69. The number of amides is 1. The first-order valence-corrected chi connectivity index (χ1v) is 10.3. The molecule has 1 fully saturated rings. The number of aliphatic carboxylic acids is 1. The van der Waals surface area contributed by atoms with E-state index in [2.05, 4.69) is 17.2 Å². The summed E-state index contributed by atoms with van der Waals surface area (Å²) in [5.74, 6) is -0.545. The molecule has 0 atom stereocenters. The molecule has 2 aromatic rings. The molecule has 0 aliphatic carbocycles. The number of hydrogen-bond acceptors (Lipinski definition) is 6. The molecule has 1 aliphatic rings. The van der Waals surface area contributed by atoms with Crippen LogP contribution in [-0.4, -0.2) is 35.4 Å². The lowest BCUT2D eigenvalue weighted by Gasteiger charge is -2.11. The van der Waals surface area contributed by atoms with E-state index >= 15 is 0 Å². The molecule has 156 valence electrons. The van der Waals surface area contributed by atoms with E-state index in [-0.39, 0.29) is 5.91 Å². The SMILES string of the molecule is CCOc1cc(C=C2SC(=Nc3ccc(CC)cc3)NC2=O)ccc1OCC(=O)O. The minimum absolute atomic E-state index is 0.229. The zero-order valence-electron chi connectivity index (χ0n) is 16.7. The number of hydrogen-bond donors (Lipinski definition) is 2. The van der Waals surface area contributed by atoms with E-state index in [0.29, 0.717) is 28.2 Å². The number of nitrogens with one attached hydrogen (secondary N) is 1. The van der Waals surface area contributed by atoms with Gasteiger partial charge in [0, 0.05) is 0 Å². The topological polar surface area (TPSA) is 97.2 Å². The predicted molar refractivity (Wildman–Crippen MR) is 117 cm³/mol. The summed E-state index contributed by atoms with van der Waals surface area (Å²) in [4.78, 5) is 28.1. The fourth-order valence-electron chi connectivity index (χ4n) is 2.70. The zero-order valence-corrected chi connectivity index (χ0v) is 17.5. The molecule has 8 heteroatoms. The van der Waals surface area contributed by atoms with Crippen LogP contribution in [0.5, 0.6) is 11.5 Å². The van der Waals surface area contributed by atoms with Crippen LogP contribution in [0.2, 0.25) is 0 Å². The van der Waals surface area contributed by atoms with Gasteiger partial charge in [-0.1, -0.05) is 25.1 Å². The van der Waals surface area contributed by atoms with Crippen LogP contribution in [0.3, 0.4) is 0 Å². The number of aliphatic imine (C=N–C) groups is 1. The lowest BCUT2D eigenvalue weighted by Crippen LogP contribution is -2.19. The lowest BCUT2D eigenvalue weighted by molar-refractivity contribution is -0.139. The second kappa shape index (κ2) is 9.98. The third kappa shape index (κ3) is 5.64.